The smallest absolute Gasteiger partial charge is 0.172 e. The number of anilines is 1. The third-order valence-corrected chi connectivity index (χ3v) is 3.64. The molecule has 0 aromatic carbocycles. The molecule has 3 aromatic heterocycles. The molecular formula is C16H15N5O. The molecule has 1 N–H and O–H groups in total. The molecule has 0 atom stereocenters. The van der Waals surface area contributed by atoms with Crippen LogP contribution >= 0.6 is 0 Å². The maximum absolute atomic E-state index is 12.2. The summed E-state index contributed by atoms with van der Waals surface area (Å²) in [6.07, 6.45) is 5.78. The molecule has 6 heteroatoms. The molecule has 6 nitrogen and oxygen atoms in total. The highest BCUT2D eigenvalue weighted by Crippen LogP contribution is 2.24. The summed E-state index contributed by atoms with van der Waals surface area (Å²) < 4.78 is 1.77. The maximum Gasteiger partial charge on any atom is 0.172 e. The van der Waals surface area contributed by atoms with Crippen LogP contribution in [-0.4, -0.2) is 31.4 Å². The van der Waals surface area contributed by atoms with E-state index >= 15 is 0 Å². The van der Waals surface area contributed by atoms with Crippen LogP contribution in [-0.2, 0) is 6.42 Å². The minimum atomic E-state index is -0.0271. The number of Topliss-reactive ketones (excluding diaryl/α,β-unsaturated/α-hetero) is 1. The number of fused-ring (bicyclic) bond motifs is 1. The van der Waals surface area contributed by atoms with Crippen LogP contribution < -0.4 is 5.32 Å². The number of hydrogen-bond donors (Lipinski definition) is 1. The van der Waals surface area contributed by atoms with Gasteiger partial charge < -0.3 is 5.32 Å². The molecule has 0 unspecified atom stereocenters. The molecule has 0 radical (unpaired) electrons. The summed E-state index contributed by atoms with van der Waals surface area (Å²) in [5.41, 5.74) is 1.33. The van der Waals surface area contributed by atoms with Crippen LogP contribution in [0.25, 0.3) is 5.65 Å². The molecule has 1 aliphatic carbocycles. The van der Waals surface area contributed by atoms with Crippen LogP contribution in [0.2, 0.25) is 0 Å². The number of aromatic nitrogens is 4. The van der Waals surface area contributed by atoms with Gasteiger partial charge in [0.1, 0.15) is 5.82 Å². The van der Waals surface area contributed by atoms with Gasteiger partial charge in [0.2, 0.25) is 0 Å². The Morgan fingerprint density at radius 3 is 2.95 bits per heavy atom. The lowest BCUT2D eigenvalue weighted by Crippen LogP contribution is -2.07. The topological polar surface area (TPSA) is 72.2 Å². The fraction of sp³-hybridized carbons (Fsp3) is 0.250. The average molecular weight is 293 g/mol. The molecule has 3 aromatic rings. The molecule has 1 aliphatic rings. The molecule has 1 saturated carbocycles. The third kappa shape index (κ3) is 2.55. The number of nitrogens with zero attached hydrogens (tertiary/aromatic N) is 4. The lowest BCUT2D eigenvalue weighted by molar-refractivity contribution is 0.0990. The summed E-state index contributed by atoms with van der Waals surface area (Å²) in [4.78, 5) is 20.6. The van der Waals surface area contributed by atoms with Crippen molar-refractivity contribution in [2.45, 2.75) is 25.3 Å². The molecule has 0 spiro atoms. The first-order chi connectivity index (χ1) is 10.8. The molecule has 0 amide bonds. The van der Waals surface area contributed by atoms with E-state index in [2.05, 4.69) is 20.4 Å². The SMILES string of the molecule is O=C(Cc1nc2cccc(NC3CC3)n2n1)c1cccnc1. The number of ketones is 1. The standard InChI is InChI=1S/C16H15N5O/c22-13(11-3-2-8-17-10-11)9-14-19-16-5-1-4-15(21(16)20-14)18-12-6-7-12/h1-5,8,10,12,18H,6-7,9H2. The van der Waals surface area contributed by atoms with E-state index in [-0.39, 0.29) is 12.2 Å². The van der Waals surface area contributed by atoms with E-state index in [0.29, 0.717) is 17.4 Å². The van der Waals surface area contributed by atoms with Gasteiger partial charge in [-0.2, -0.15) is 4.52 Å². The fourth-order valence-corrected chi connectivity index (χ4v) is 2.34. The number of hydrogen-bond acceptors (Lipinski definition) is 5. The van der Waals surface area contributed by atoms with Gasteiger partial charge in [-0.25, -0.2) is 4.98 Å². The Balaban J connectivity index is 1.61. The van der Waals surface area contributed by atoms with E-state index in [9.17, 15) is 4.79 Å². The second-order valence-corrected chi connectivity index (χ2v) is 5.47. The monoisotopic (exact) mass is 293 g/mol. The molecule has 0 saturated heterocycles. The fourth-order valence-electron chi connectivity index (χ4n) is 2.34. The number of nitrogens with one attached hydrogen (secondary N) is 1. The summed E-state index contributed by atoms with van der Waals surface area (Å²) in [6, 6.07) is 9.86. The first kappa shape index (κ1) is 12.9. The quantitative estimate of drug-likeness (QED) is 0.730. The Kier molecular flexibility index (Phi) is 3.07. The zero-order chi connectivity index (χ0) is 14.9. The number of carbonyl (C=O) groups excluding carboxylic acids is 1. The zero-order valence-electron chi connectivity index (χ0n) is 11.9. The Hall–Kier alpha value is -2.76. The number of pyridine rings is 2. The summed E-state index contributed by atoms with van der Waals surface area (Å²) in [7, 11) is 0. The Morgan fingerprint density at radius 1 is 1.27 bits per heavy atom. The normalized spacial score (nSPS) is 14.2. The van der Waals surface area contributed by atoms with E-state index in [0.717, 1.165) is 11.5 Å². The highest BCUT2D eigenvalue weighted by atomic mass is 16.1. The van der Waals surface area contributed by atoms with Crippen molar-refractivity contribution in [2.24, 2.45) is 0 Å². The van der Waals surface area contributed by atoms with Crippen molar-refractivity contribution in [3.8, 4) is 0 Å². The van der Waals surface area contributed by atoms with Gasteiger partial charge in [-0.1, -0.05) is 6.07 Å². The van der Waals surface area contributed by atoms with E-state index < -0.39 is 0 Å². The van der Waals surface area contributed by atoms with Gasteiger partial charge in [-0.3, -0.25) is 9.78 Å². The molecule has 22 heavy (non-hydrogen) atoms. The molecule has 110 valence electrons. The van der Waals surface area contributed by atoms with Crippen molar-refractivity contribution in [3.63, 3.8) is 0 Å². The molecular weight excluding hydrogens is 278 g/mol. The molecule has 1 fully saturated rings. The van der Waals surface area contributed by atoms with Crippen molar-refractivity contribution in [2.75, 3.05) is 5.32 Å². The van der Waals surface area contributed by atoms with Crippen LogP contribution in [0.5, 0.6) is 0 Å². The van der Waals surface area contributed by atoms with Gasteiger partial charge in [0.25, 0.3) is 0 Å². The molecule has 0 bridgehead atoms. The minimum absolute atomic E-state index is 0.0271. The van der Waals surface area contributed by atoms with E-state index in [1.54, 1.807) is 29.0 Å². The van der Waals surface area contributed by atoms with Crippen LogP contribution in [0, 0.1) is 0 Å². The first-order valence-electron chi connectivity index (χ1n) is 7.34. The highest BCUT2D eigenvalue weighted by molar-refractivity contribution is 5.96. The predicted molar refractivity (Wildman–Crippen MR) is 81.9 cm³/mol. The van der Waals surface area contributed by atoms with Crippen LogP contribution in [0.3, 0.4) is 0 Å². The van der Waals surface area contributed by atoms with Gasteiger partial charge in [-0.15, -0.1) is 5.10 Å². The third-order valence-electron chi connectivity index (χ3n) is 3.64. The van der Waals surface area contributed by atoms with Gasteiger partial charge in [0, 0.05) is 24.0 Å². The van der Waals surface area contributed by atoms with Gasteiger partial charge in [-0.05, 0) is 37.1 Å². The summed E-state index contributed by atoms with van der Waals surface area (Å²) in [6.45, 7) is 0. The van der Waals surface area contributed by atoms with Gasteiger partial charge in [0.15, 0.2) is 17.3 Å². The Morgan fingerprint density at radius 2 is 2.18 bits per heavy atom. The Labute approximate surface area is 127 Å². The maximum atomic E-state index is 12.2. The average Bonchev–Trinajstić information content (AvgIpc) is 3.26. The number of carbonyl (C=O) groups is 1. The largest absolute Gasteiger partial charge is 0.367 e. The summed E-state index contributed by atoms with van der Waals surface area (Å²) >= 11 is 0. The van der Waals surface area contributed by atoms with Gasteiger partial charge >= 0.3 is 0 Å². The summed E-state index contributed by atoms with van der Waals surface area (Å²) in [5, 5.41) is 7.88. The second-order valence-electron chi connectivity index (χ2n) is 5.47. The van der Waals surface area contributed by atoms with E-state index in [4.69, 9.17) is 0 Å². The Bertz CT molecular complexity index is 823. The second kappa shape index (κ2) is 5.22. The highest BCUT2D eigenvalue weighted by Gasteiger charge is 2.22. The zero-order valence-corrected chi connectivity index (χ0v) is 11.9. The predicted octanol–water partition coefficient (Wildman–Crippen LogP) is 2.12. The molecule has 3 heterocycles. The van der Waals surface area contributed by atoms with Crippen molar-refractivity contribution in [1.29, 1.82) is 0 Å². The van der Waals surface area contributed by atoms with E-state index in [1.165, 1.54) is 12.8 Å². The van der Waals surface area contributed by atoms with Crippen molar-refractivity contribution in [3.05, 3.63) is 54.1 Å². The minimum Gasteiger partial charge on any atom is -0.367 e. The molecule has 0 aliphatic heterocycles. The first-order valence-corrected chi connectivity index (χ1v) is 7.34. The lowest BCUT2D eigenvalue weighted by atomic mass is 10.1. The number of rotatable bonds is 5. The van der Waals surface area contributed by atoms with Crippen molar-refractivity contribution >= 4 is 17.2 Å². The summed E-state index contributed by atoms with van der Waals surface area (Å²) in [5.74, 6) is 1.42. The van der Waals surface area contributed by atoms with Crippen LogP contribution in [0.4, 0.5) is 5.82 Å². The van der Waals surface area contributed by atoms with Gasteiger partial charge in [0.05, 0.1) is 6.42 Å². The van der Waals surface area contributed by atoms with Crippen LogP contribution in [0.15, 0.2) is 42.7 Å². The van der Waals surface area contributed by atoms with Crippen molar-refractivity contribution in [1.82, 2.24) is 19.6 Å². The molecule has 4 rings (SSSR count). The van der Waals surface area contributed by atoms with E-state index in [1.807, 2.05) is 18.2 Å². The van der Waals surface area contributed by atoms with Crippen LogP contribution in [0.1, 0.15) is 29.0 Å². The lowest BCUT2D eigenvalue weighted by Gasteiger charge is -2.05. The van der Waals surface area contributed by atoms with Crippen molar-refractivity contribution < 1.29 is 4.79 Å².